The fourth-order valence-electron chi connectivity index (χ4n) is 10.0. The van der Waals surface area contributed by atoms with Crippen molar-refractivity contribution in [3.8, 4) is 0 Å². The topological polar surface area (TPSA) is 222 Å². The van der Waals surface area contributed by atoms with Gasteiger partial charge in [0.05, 0.1) is 0 Å². The molecule has 20 heteroatoms. The number of hydrogen-bond acceptors (Lipinski definition) is 14. The van der Waals surface area contributed by atoms with Crippen molar-refractivity contribution in [1.82, 2.24) is 38.7 Å². The van der Waals surface area contributed by atoms with Crippen molar-refractivity contribution < 1.29 is 57.3 Å². The van der Waals surface area contributed by atoms with Gasteiger partial charge in [0.1, 0.15) is 35.8 Å². The normalized spacial score (nSPS) is 23.0. The Morgan fingerprint density at radius 3 is 0.915 bits per heavy atom. The summed E-state index contributed by atoms with van der Waals surface area (Å²) < 4.78 is 28.2. The SMILES string of the molecule is Cc1nccn1Cc1ccc(C[C@H]2OC(=O)[C@H](CC(C)C)N(C)C(=O)[C@@H](C)OC(=O)[C@H](CC(C)C)N(C)C(=O)[C@@H](Cc3ccc(Cn4ccnc4C)cc3)OC(=O)[C@H](CC(C)C)N(C)C(=O)[C@@H](C)OC(=O)[C@H](CC(C)C)N(C)C2=O)cc1. The molecular formula is C62H88N8O12. The van der Waals surface area contributed by atoms with Gasteiger partial charge in [-0.3, -0.25) is 19.2 Å². The molecule has 0 radical (unpaired) electrons. The van der Waals surface area contributed by atoms with E-state index in [1.54, 1.807) is 12.4 Å². The molecule has 0 saturated carbocycles. The second kappa shape index (κ2) is 29.6. The number of aromatic nitrogens is 4. The Morgan fingerprint density at radius 2 is 0.659 bits per heavy atom. The van der Waals surface area contributed by atoms with Crippen molar-refractivity contribution in [1.29, 1.82) is 0 Å². The van der Waals surface area contributed by atoms with E-state index in [2.05, 4.69) is 9.97 Å². The summed E-state index contributed by atoms with van der Waals surface area (Å²) in [5.74, 6) is -5.73. The lowest BCUT2D eigenvalue weighted by molar-refractivity contribution is -0.176. The molecule has 0 N–H and O–H groups in total. The minimum atomic E-state index is -1.53. The number of imidazole rings is 2. The molecule has 4 aromatic rings. The third-order valence-electron chi connectivity index (χ3n) is 14.9. The lowest BCUT2D eigenvalue weighted by atomic mass is 9.99. The van der Waals surface area contributed by atoms with Crippen molar-refractivity contribution in [2.24, 2.45) is 23.7 Å². The van der Waals surface area contributed by atoms with Crippen LogP contribution in [0.1, 0.15) is 129 Å². The Bertz CT molecular complexity index is 2620. The zero-order chi connectivity index (χ0) is 60.9. The molecule has 1 fully saturated rings. The number of rotatable bonds is 16. The molecule has 4 amide bonds. The first kappa shape index (κ1) is 65.4. The van der Waals surface area contributed by atoms with Crippen LogP contribution in [0.25, 0.3) is 0 Å². The predicted octanol–water partition coefficient (Wildman–Crippen LogP) is 6.77. The number of carbonyl (C=O) groups excluding carboxylic acids is 8. The number of esters is 4. The van der Waals surface area contributed by atoms with Crippen molar-refractivity contribution in [2.75, 3.05) is 28.2 Å². The van der Waals surface area contributed by atoms with Crippen LogP contribution in [0.4, 0.5) is 0 Å². The van der Waals surface area contributed by atoms with Crippen LogP contribution in [-0.4, -0.2) is 163 Å². The fraction of sp³-hybridized carbons (Fsp3) is 0.581. The van der Waals surface area contributed by atoms with E-state index in [0.29, 0.717) is 24.2 Å². The molecule has 2 aromatic carbocycles. The van der Waals surface area contributed by atoms with Crippen LogP contribution in [-0.2, 0) is 83.2 Å². The molecule has 82 heavy (non-hydrogen) atoms. The molecular weight excluding hydrogens is 1050 g/mol. The Hall–Kier alpha value is -7.38. The molecule has 1 aliphatic heterocycles. The lowest BCUT2D eigenvalue weighted by Crippen LogP contribution is -2.55. The molecule has 0 spiro atoms. The summed E-state index contributed by atoms with van der Waals surface area (Å²) in [4.78, 5) is 131. The molecule has 0 bridgehead atoms. The van der Waals surface area contributed by atoms with Gasteiger partial charge in [-0.15, -0.1) is 0 Å². The van der Waals surface area contributed by atoms with E-state index in [-0.39, 0.29) is 62.2 Å². The van der Waals surface area contributed by atoms with Crippen LogP contribution in [0.15, 0.2) is 73.3 Å². The van der Waals surface area contributed by atoms with E-state index < -0.39 is 96.1 Å². The van der Waals surface area contributed by atoms with E-state index in [0.717, 1.165) is 32.6 Å². The van der Waals surface area contributed by atoms with Gasteiger partial charge in [-0.1, -0.05) is 104 Å². The monoisotopic (exact) mass is 1140 g/mol. The van der Waals surface area contributed by atoms with Gasteiger partial charge in [0.15, 0.2) is 24.4 Å². The van der Waals surface area contributed by atoms with Crippen LogP contribution in [0.2, 0.25) is 0 Å². The highest BCUT2D eigenvalue weighted by Gasteiger charge is 2.43. The Labute approximate surface area is 484 Å². The van der Waals surface area contributed by atoms with Gasteiger partial charge >= 0.3 is 23.9 Å². The van der Waals surface area contributed by atoms with E-state index in [9.17, 15) is 28.8 Å². The second-order valence-electron chi connectivity index (χ2n) is 23.6. The van der Waals surface area contributed by atoms with Gasteiger partial charge in [-0.05, 0) is 99.3 Å². The molecule has 5 rings (SSSR count). The van der Waals surface area contributed by atoms with E-state index in [1.165, 1.54) is 51.8 Å². The molecule has 0 unspecified atom stereocenters. The highest BCUT2D eigenvalue weighted by Crippen LogP contribution is 2.25. The maximum absolute atomic E-state index is 15.0. The van der Waals surface area contributed by atoms with Gasteiger partial charge in [-0.2, -0.15) is 0 Å². The summed E-state index contributed by atoms with van der Waals surface area (Å²) in [5.41, 5.74) is 3.14. The molecule has 3 heterocycles. The molecule has 2 aromatic heterocycles. The van der Waals surface area contributed by atoms with Gasteiger partial charge < -0.3 is 47.7 Å². The predicted molar refractivity (Wildman–Crippen MR) is 307 cm³/mol. The van der Waals surface area contributed by atoms with Crippen molar-refractivity contribution in [2.45, 2.75) is 183 Å². The average Bonchev–Trinajstić information content (AvgIpc) is 4.20. The number of likely N-dealkylation sites (N-methyl/N-ethyl adjacent to an activating group) is 4. The van der Waals surface area contributed by atoms with Crippen molar-refractivity contribution in [3.63, 3.8) is 0 Å². The van der Waals surface area contributed by atoms with Gasteiger partial charge in [0, 0.05) is 78.9 Å². The van der Waals surface area contributed by atoms with Gasteiger partial charge in [0.2, 0.25) is 0 Å². The summed E-state index contributed by atoms with van der Waals surface area (Å²) in [6.45, 7) is 22.4. The highest BCUT2D eigenvalue weighted by molar-refractivity contribution is 5.94. The third-order valence-corrected chi connectivity index (χ3v) is 14.9. The number of carbonyl (C=O) groups is 8. The lowest BCUT2D eigenvalue weighted by Gasteiger charge is -2.35. The second-order valence-corrected chi connectivity index (χ2v) is 23.6. The van der Waals surface area contributed by atoms with Gasteiger partial charge in [-0.25, -0.2) is 29.1 Å². The third kappa shape index (κ3) is 17.8. The molecule has 20 nitrogen and oxygen atoms in total. The minimum absolute atomic E-state index is 0.0852. The first-order valence-electron chi connectivity index (χ1n) is 28.6. The number of benzene rings is 2. The summed E-state index contributed by atoms with van der Waals surface area (Å²) in [6.07, 6.45) is 1.23. The number of hydrogen-bond donors (Lipinski definition) is 0. The zero-order valence-corrected chi connectivity index (χ0v) is 51.0. The Balaban J connectivity index is 1.59. The van der Waals surface area contributed by atoms with Crippen LogP contribution < -0.4 is 0 Å². The minimum Gasteiger partial charge on any atom is -0.451 e. The maximum Gasteiger partial charge on any atom is 0.329 e. The van der Waals surface area contributed by atoms with E-state index in [4.69, 9.17) is 18.9 Å². The highest BCUT2D eigenvalue weighted by atomic mass is 16.6. The molecule has 448 valence electrons. The van der Waals surface area contributed by atoms with Crippen LogP contribution in [0.5, 0.6) is 0 Å². The molecule has 1 aliphatic rings. The molecule has 8 atom stereocenters. The van der Waals surface area contributed by atoms with Crippen LogP contribution in [0.3, 0.4) is 0 Å². The van der Waals surface area contributed by atoms with E-state index in [1.807, 2.05) is 139 Å². The van der Waals surface area contributed by atoms with Crippen molar-refractivity contribution >= 4 is 47.5 Å². The number of aryl methyl sites for hydroxylation is 2. The first-order chi connectivity index (χ1) is 38.6. The fourth-order valence-corrected chi connectivity index (χ4v) is 10.0. The van der Waals surface area contributed by atoms with Gasteiger partial charge in [0.25, 0.3) is 23.6 Å². The number of nitrogens with zero attached hydrogens (tertiary/aromatic N) is 8. The summed E-state index contributed by atoms with van der Waals surface area (Å²) in [5, 5.41) is 0. The smallest absolute Gasteiger partial charge is 0.329 e. The van der Waals surface area contributed by atoms with Crippen LogP contribution in [0, 0.1) is 37.5 Å². The molecule has 0 aliphatic carbocycles. The quantitative estimate of drug-likeness (QED) is 0.0835. The van der Waals surface area contributed by atoms with Crippen LogP contribution >= 0.6 is 0 Å². The summed E-state index contributed by atoms with van der Waals surface area (Å²) in [7, 11) is 5.59. The zero-order valence-electron chi connectivity index (χ0n) is 51.0. The average molecular weight is 1140 g/mol. The Morgan fingerprint density at radius 1 is 0.402 bits per heavy atom. The van der Waals surface area contributed by atoms with E-state index >= 15 is 9.59 Å². The number of amides is 4. The molecule has 1 saturated heterocycles. The summed E-state index contributed by atoms with van der Waals surface area (Å²) in [6, 6.07) is 9.72. The largest absolute Gasteiger partial charge is 0.451 e. The summed E-state index contributed by atoms with van der Waals surface area (Å²) >= 11 is 0. The number of ether oxygens (including phenoxy) is 4. The maximum atomic E-state index is 15.0. The van der Waals surface area contributed by atoms with Crippen molar-refractivity contribution in [3.05, 3.63) is 107 Å². The first-order valence-corrected chi connectivity index (χ1v) is 28.6. The Kier molecular flexibility index (Phi) is 23.6. The standard InChI is InChI=1S/C62H88N8O12/c1-37(2)29-49-59(75)79-41(9)55(71)65(13)52(32-40(7)8)62(78)82-54(34-46-19-23-48(24-20-46)36-70-28-26-64-44(70)12)58(74)68(16)50(30-38(3)4)60(76)80-42(10)56(72)66(14)51(31-39(5)6)61(77)81-53(57(73)67(49)15)33-45-17-21-47(22-18-45)35-69-27-25-63-43(69)11/h17-28,37-42,49-54H,29-36H2,1-16H3/t41-,42-,49+,50+,51+,52+,53-,54-/m1/s1. The number of cyclic esters (lactones) is 4.